The summed E-state index contributed by atoms with van der Waals surface area (Å²) in [6.07, 6.45) is 0.480. The molecule has 1 unspecified atom stereocenters. The highest BCUT2D eigenvalue weighted by Crippen LogP contribution is 2.26. The number of thiophene rings is 1. The maximum absolute atomic E-state index is 9.94. The number of aliphatic hydroxyl groups is 1. The Balaban J connectivity index is 2.17. The van der Waals surface area contributed by atoms with Gasteiger partial charge in [0, 0.05) is 21.6 Å². The molecule has 2 nitrogen and oxygen atoms in total. The van der Waals surface area contributed by atoms with Crippen molar-refractivity contribution >= 4 is 33.0 Å². The fourth-order valence-electron chi connectivity index (χ4n) is 1.89. The second-order valence-corrected chi connectivity index (χ2v) is 6.32. The van der Waals surface area contributed by atoms with Crippen molar-refractivity contribution < 1.29 is 5.11 Å². The van der Waals surface area contributed by atoms with E-state index >= 15 is 0 Å². The maximum Gasteiger partial charge on any atom is 0.0712 e. The Morgan fingerprint density at radius 2 is 2.00 bits per heavy atom. The van der Waals surface area contributed by atoms with Crippen LogP contribution in [0.3, 0.4) is 0 Å². The smallest absolute Gasteiger partial charge is 0.0712 e. The van der Waals surface area contributed by atoms with Crippen molar-refractivity contribution in [3.05, 3.63) is 51.1 Å². The number of halogens is 1. The average Bonchev–Trinajstić information content (AvgIpc) is 2.84. The topological polar surface area (TPSA) is 23.5 Å². The molecule has 102 valence electrons. The van der Waals surface area contributed by atoms with E-state index in [0.29, 0.717) is 6.54 Å². The highest BCUT2D eigenvalue weighted by atomic mass is 79.9. The van der Waals surface area contributed by atoms with E-state index in [0.717, 1.165) is 23.1 Å². The van der Waals surface area contributed by atoms with Gasteiger partial charge in [-0.15, -0.1) is 11.3 Å². The van der Waals surface area contributed by atoms with E-state index in [-0.39, 0.29) is 6.10 Å². The van der Waals surface area contributed by atoms with Crippen LogP contribution < -0.4 is 4.90 Å². The Bertz CT molecular complexity index is 500. The molecule has 4 heteroatoms. The number of rotatable bonds is 6. The third kappa shape index (κ3) is 4.06. The fraction of sp³-hybridized carbons (Fsp3) is 0.333. The van der Waals surface area contributed by atoms with Crippen molar-refractivity contribution in [2.75, 3.05) is 11.4 Å². The van der Waals surface area contributed by atoms with Crippen LogP contribution in [0, 0.1) is 0 Å². The molecule has 0 fully saturated rings. The molecular formula is C15H18BrNOS. The Hall–Kier alpha value is -0.840. The van der Waals surface area contributed by atoms with Gasteiger partial charge < -0.3 is 10.0 Å². The molecule has 2 aromatic rings. The summed E-state index contributed by atoms with van der Waals surface area (Å²) in [5.41, 5.74) is 1.15. The highest BCUT2D eigenvalue weighted by molar-refractivity contribution is 9.10. The summed E-state index contributed by atoms with van der Waals surface area (Å²) in [7, 11) is 0. The number of nitrogens with zero attached hydrogens (tertiary/aromatic N) is 1. The Kier molecular flexibility index (Phi) is 5.43. The summed E-state index contributed by atoms with van der Waals surface area (Å²) in [4.78, 5) is 3.51. The second-order valence-electron chi connectivity index (χ2n) is 4.47. The molecule has 0 aliphatic heterocycles. The first-order chi connectivity index (χ1) is 9.20. The van der Waals surface area contributed by atoms with Gasteiger partial charge >= 0.3 is 0 Å². The molecular weight excluding hydrogens is 322 g/mol. The standard InChI is InChI=1S/C15H18BrNOS/c1-2-13(18)10-17(12-6-4-3-5-7-12)11-15-14(16)8-9-19-15/h3-9,13,18H,2,10-11H2,1H3. The largest absolute Gasteiger partial charge is 0.391 e. The van der Waals surface area contributed by atoms with Gasteiger partial charge in [-0.25, -0.2) is 0 Å². The molecule has 0 saturated heterocycles. The molecule has 2 rings (SSSR count). The number of benzene rings is 1. The molecule has 0 aliphatic rings. The average molecular weight is 340 g/mol. The lowest BCUT2D eigenvalue weighted by Gasteiger charge is -2.26. The van der Waals surface area contributed by atoms with E-state index < -0.39 is 0 Å². The van der Waals surface area contributed by atoms with E-state index in [1.54, 1.807) is 11.3 Å². The zero-order valence-electron chi connectivity index (χ0n) is 10.9. The molecule has 1 N–H and O–H groups in total. The van der Waals surface area contributed by atoms with Crippen LogP contribution in [0.2, 0.25) is 0 Å². The van der Waals surface area contributed by atoms with Crippen LogP contribution in [0.1, 0.15) is 18.2 Å². The van der Waals surface area contributed by atoms with Crippen LogP contribution in [0.5, 0.6) is 0 Å². The molecule has 1 aromatic heterocycles. The second kappa shape index (κ2) is 7.08. The summed E-state index contributed by atoms with van der Waals surface area (Å²) >= 11 is 5.31. The van der Waals surface area contributed by atoms with Crippen molar-refractivity contribution in [3.8, 4) is 0 Å². The Morgan fingerprint density at radius 1 is 1.26 bits per heavy atom. The van der Waals surface area contributed by atoms with Crippen molar-refractivity contribution in [3.63, 3.8) is 0 Å². The van der Waals surface area contributed by atoms with Gasteiger partial charge in [0.05, 0.1) is 12.6 Å². The van der Waals surface area contributed by atoms with Crippen molar-refractivity contribution in [1.29, 1.82) is 0 Å². The monoisotopic (exact) mass is 339 g/mol. The molecule has 0 saturated carbocycles. The summed E-state index contributed by atoms with van der Waals surface area (Å²) in [5.74, 6) is 0. The first kappa shape index (κ1) is 14.6. The number of hydrogen-bond acceptors (Lipinski definition) is 3. The van der Waals surface area contributed by atoms with Crippen LogP contribution in [0.4, 0.5) is 5.69 Å². The zero-order valence-corrected chi connectivity index (χ0v) is 13.3. The Labute approximate surface area is 126 Å². The van der Waals surface area contributed by atoms with Gasteiger partial charge in [0.25, 0.3) is 0 Å². The van der Waals surface area contributed by atoms with Gasteiger partial charge in [0.1, 0.15) is 0 Å². The lowest BCUT2D eigenvalue weighted by Crippen LogP contribution is -2.31. The lowest BCUT2D eigenvalue weighted by molar-refractivity contribution is 0.175. The van der Waals surface area contributed by atoms with Crippen molar-refractivity contribution in [2.45, 2.75) is 26.0 Å². The van der Waals surface area contributed by atoms with E-state index in [1.807, 2.05) is 25.1 Å². The maximum atomic E-state index is 9.94. The number of para-hydroxylation sites is 1. The lowest BCUT2D eigenvalue weighted by atomic mass is 10.2. The normalized spacial score (nSPS) is 12.4. The molecule has 0 radical (unpaired) electrons. The first-order valence-electron chi connectivity index (χ1n) is 6.40. The van der Waals surface area contributed by atoms with Crippen LogP contribution in [-0.2, 0) is 6.54 Å². The molecule has 0 aliphatic carbocycles. The number of anilines is 1. The molecule has 1 aromatic carbocycles. The van der Waals surface area contributed by atoms with Crippen LogP contribution in [0.25, 0.3) is 0 Å². The molecule has 0 bridgehead atoms. The predicted molar refractivity (Wildman–Crippen MR) is 85.8 cm³/mol. The van der Waals surface area contributed by atoms with Crippen molar-refractivity contribution in [2.24, 2.45) is 0 Å². The van der Waals surface area contributed by atoms with Gasteiger partial charge in [-0.1, -0.05) is 25.1 Å². The SMILES string of the molecule is CCC(O)CN(Cc1sccc1Br)c1ccccc1. The first-order valence-corrected chi connectivity index (χ1v) is 8.08. The number of hydrogen-bond donors (Lipinski definition) is 1. The minimum absolute atomic E-state index is 0.293. The number of aliphatic hydroxyl groups excluding tert-OH is 1. The molecule has 1 atom stereocenters. The van der Waals surface area contributed by atoms with E-state index in [9.17, 15) is 5.11 Å². The molecule has 19 heavy (non-hydrogen) atoms. The van der Waals surface area contributed by atoms with E-state index in [1.165, 1.54) is 4.88 Å². The highest BCUT2D eigenvalue weighted by Gasteiger charge is 2.13. The van der Waals surface area contributed by atoms with Crippen LogP contribution in [0.15, 0.2) is 46.3 Å². The van der Waals surface area contributed by atoms with Gasteiger partial charge in [-0.2, -0.15) is 0 Å². The minimum Gasteiger partial charge on any atom is -0.391 e. The Morgan fingerprint density at radius 3 is 2.58 bits per heavy atom. The molecule has 0 amide bonds. The predicted octanol–water partition coefficient (Wildman–Crippen LogP) is 4.29. The van der Waals surface area contributed by atoms with Gasteiger partial charge in [-0.3, -0.25) is 0 Å². The van der Waals surface area contributed by atoms with E-state index in [2.05, 4.69) is 44.4 Å². The zero-order chi connectivity index (χ0) is 13.7. The third-order valence-electron chi connectivity index (χ3n) is 3.05. The van der Waals surface area contributed by atoms with Gasteiger partial charge in [-0.05, 0) is 45.9 Å². The van der Waals surface area contributed by atoms with E-state index in [4.69, 9.17) is 0 Å². The fourth-order valence-corrected chi connectivity index (χ4v) is 3.39. The van der Waals surface area contributed by atoms with Gasteiger partial charge in [0.2, 0.25) is 0 Å². The minimum atomic E-state index is -0.293. The molecule has 1 heterocycles. The summed E-state index contributed by atoms with van der Waals surface area (Å²) < 4.78 is 1.14. The van der Waals surface area contributed by atoms with Gasteiger partial charge in [0.15, 0.2) is 0 Å². The molecule has 0 spiro atoms. The summed E-state index contributed by atoms with van der Waals surface area (Å²) in [5, 5.41) is 12.0. The third-order valence-corrected chi connectivity index (χ3v) is 4.96. The quantitative estimate of drug-likeness (QED) is 0.848. The van der Waals surface area contributed by atoms with Crippen molar-refractivity contribution in [1.82, 2.24) is 0 Å². The summed E-state index contributed by atoms with van der Waals surface area (Å²) in [6.45, 7) is 3.49. The van der Waals surface area contributed by atoms with Crippen LogP contribution >= 0.6 is 27.3 Å². The van der Waals surface area contributed by atoms with Crippen LogP contribution in [-0.4, -0.2) is 17.8 Å². The summed E-state index contributed by atoms with van der Waals surface area (Å²) in [6, 6.07) is 12.3.